The van der Waals surface area contributed by atoms with Crippen LogP contribution in [0.25, 0.3) is 11.1 Å². The van der Waals surface area contributed by atoms with E-state index in [1.807, 2.05) is 18.2 Å². The fraction of sp³-hybridized carbons (Fsp3) is 0.133. The second-order valence-electron chi connectivity index (χ2n) is 4.76. The van der Waals surface area contributed by atoms with Crippen molar-refractivity contribution in [1.29, 1.82) is 0 Å². The highest BCUT2D eigenvalue weighted by Crippen LogP contribution is 2.47. The number of hydrogen-bond acceptors (Lipinski definition) is 6. The van der Waals surface area contributed by atoms with Crippen LogP contribution in [0.4, 0.5) is 0 Å². The van der Waals surface area contributed by atoms with Crippen molar-refractivity contribution < 1.29 is 22.8 Å². The number of para-hydroxylation sites is 1. The van der Waals surface area contributed by atoms with E-state index in [9.17, 15) is 13.9 Å². The number of fused-ring (bicyclic) bond motifs is 1. The van der Waals surface area contributed by atoms with Crippen molar-refractivity contribution in [3.63, 3.8) is 0 Å². The number of hydrogen-bond donors (Lipinski definition) is 3. The van der Waals surface area contributed by atoms with Crippen LogP contribution in [0.2, 0.25) is 0 Å². The summed E-state index contributed by atoms with van der Waals surface area (Å²) in [4.78, 5) is 11.5. The average Bonchev–Trinajstić information content (AvgIpc) is 2.53. The van der Waals surface area contributed by atoms with Crippen LogP contribution in [0, 0.1) is 0 Å². The number of benzene rings is 2. The minimum absolute atomic E-state index is 0.311. The highest BCUT2D eigenvalue weighted by molar-refractivity contribution is 8.18. The number of carbonyl (C=O) groups excluding carboxylic acids is 1. The molecule has 0 saturated carbocycles. The van der Waals surface area contributed by atoms with Gasteiger partial charge in [0.15, 0.2) is 5.75 Å². The molecule has 0 fully saturated rings. The van der Waals surface area contributed by atoms with Crippen molar-refractivity contribution in [2.24, 2.45) is 0 Å². The van der Waals surface area contributed by atoms with Crippen LogP contribution in [-0.2, 0) is 11.3 Å². The van der Waals surface area contributed by atoms with E-state index in [0.717, 1.165) is 16.7 Å². The molecule has 3 rings (SSSR count). The maximum absolute atomic E-state index is 11.5. The molecule has 0 saturated heterocycles. The Morgan fingerprint density at radius 3 is 2.64 bits per heavy atom. The lowest BCUT2D eigenvalue weighted by molar-refractivity contribution is 0.0600. The molecule has 2 aromatic rings. The molecule has 6 nitrogen and oxygen atoms in total. The summed E-state index contributed by atoms with van der Waals surface area (Å²) < 4.78 is 31.9. The van der Waals surface area contributed by atoms with Crippen LogP contribution in [0.3, 0.4) is 0 Å². The molecule has 0 bridgehead atoms. The fourth-order valence-corrected chi connectivity index (χ4v) is 3.10. The minimum Gasteiger partial charge on any atom is -0.465 e. The zero-order valence-corrected chi connectivity index (χ0v) is 12.6. The highest BCUT2D eigenvalue weighted by atomic mass is 32.3. The summed E-state index contributed by atoms with van der Waals surface area (Å²) in [6, 6.07) is 12.4. The minimum atomic E-state index is -3.28. The van der Waals surface area contributed by atoms with Gasteiger partial charge in [0.2, 0.25) is 11.1 Å². The Morgan fingerprint density at radius 2 is 1.95 bits per heavy atom. The molecule has 7 heteroatoms. The van der Waals surface area contributed by atoms with Gasteiger partial charge in [0.25, 0.3) is 0 Å². The third-order valence-electron chi connectivity index (χ3n) is 3.36. The number of carbonyl (C=O) groups is 1. The molecule has 3 N–H and O–H groups in total. The second kappa shape index (κ2) is 5.62. The normalized spacial score (nSPS) is 17.0. The molecule has 0 aliphatic carbocycles. The summed E-state index contributed by atoms with van der Waals surface area (Å²) in [5.41, 5.74) is 2.82. The lowest BCUT2D eigenvalue weighted by Crippen LogP contribution is -2.28. The van der Waals surface area contributed by atoms with E-state index in [0.29, 0.717) is 17.9 Å². The maximum Gasteiger partial charge on any atom is 0.337 e. The van der Waals surface area contributed by atoms with Crippen molar-refractivity contribution >= 4 is 17.0 Å². The molecule has 0 aromatic heterocycles. The average molecular weight is 321 g/mol. The summed E-state index contributed by atoms with van der Waals surface area (Å²) in [7, 11) is 1.33. The number of rotatable bonds is 2. The van der Waals surface area contributed by atoms with Crippen molar-refractivity contribution in [1.82, 2.24) is 4.72 Å². The molecule has 22 heavy (non-hydrogen) atoms. The lowest BCUT2D eigenvalue weighted by Gasteiger charge is -2.33. The van der Waals surface area contributed by atoms with Gasteiger partial charge >= 0.3 is 5.97 Å². The Hall–Kier alpha value is -2.06. The first-order valence-electron chi connectivity index (χ1n) is 6.53. The smallest absolute Gasteiger partial charge is 0.337 e. The Balaban J connectivity index is 2.01. The monoisotopic (exact) mass is 321 g/mol. The first kappa shape index (κ1) is 14.9. The van der Waals surface area contributed by atoms with E-state index in [2.05, 4.69) is 9.46 Å². The van der Waals surface area contributed by atoms with E-state index in [4.69, 9.17) is 4.18 Å². The zero-order chi connectivity index (χ0) is 15.7. The van der Waals surface area contributed by atoms with Gasteiger partial charge in [-0.3, -0.25) is 9.11 Å². The Kier molecular flexibility index (Phi) is 3.79. The van der Waals surface area contributed by atoms with Crippen LogP contribution < -0.4 is 8.91 Å². The van der Waals surface area contributed by atoms with Gasteiger partial charge in [0.1, 0.15) is 0 Å². The van der Waals surface area contributed by atoms with Gasteiger partial charge in [-0.05, 0) is 17.7 Å². The summed E-state index contributed by atoms with van der Waals surface area (Å²) in [6.07, 6.45) is 0. The molecule has 2 aromatic carbocycles. The number of methoxy groups -OCH3 is 1. The molecular weight excluding hydrogens is 306 g/mol. The van der Waals surface area contributed by atoms with Crippen LogP contribution in [0.1, 0.15) is 15.9 Å². The van der Waals surface area contributed by atoms with Crippen molar-refractivity contribution in [2.45, 2.75) is 6.54 Å². The van der Waals surface area contributed by atoms with Gasteiger partial charge in [0, 0.05) is 17.7 Å². The molecule has 0 spiro atoms. The SMILES string of the molecule is COC(=O)c1ccc(-c2cccc3c2OS(O)(O)NC3)cc1. The first-order chi connectivity index (χ1) is 10.5. The van der Waals surface area contributed by atoms with Crippen molar-refractivity contribution in [2.75, 3.05) is 7.11 Å². The standard InChI is InChI=1S/C15H15NO5S/c1-20-15(17)11-7-5-10(6-8-11)13-4-2-3-12-9-16-22(18,19)21-14(12)13/h2-8,16,18-19H,9H2,1H3. The van der Waals surface area contributed by atoms with Gasteiger partial charge < -0.3 is 8.92 Å². The summed E-state index contributed by atoms with van der Waals surface area (Å²) in [5, 5.41) is 0. The second-order valence-corrected chi connectivity index (χ2v) is 6.21. The molecule has 0 unspecified atom stereocenters. The predicted molar refractivity (Wildman–Crippen MR) is 83.5 cm³/mol. The van der Waals surface area contributed by atoms with Crippen molar-refractivity contribution in [3.8, 4) is 16.9 Å². The molecule has 116 valence electrons. The zero-order valence-electron chi connectivity index (χ0n) is 11.8. The van der Waals surface area contributed by atoms with Crippen LogP contribution >= 0.6 is 11.1 Å². The third-order valence-corrected chi connectivity index (χ3v) is 4.28. The number of ether oxygens (including phenoxy) is 1. The van der Waals surface area contributed by atoms with Gasteiger partial charge in [-0.2, -0.15) is 0 Å². The summed E-state index contributed by atoms with van der Waals surface area (Å²) in [5.74, 6) is 0.0309. The summed E-state index contributed by atoms with van der Waals surface area (Å²) in [6.45, 7) is 0.311. The van der Waals surface area contributed by atoms with E-state index < -0.39 is 17.0 Å². The topological polar surface area (TPSA) is 88.0 Å². The predicted octanol–water partition coefficient (Wildman–Crippen LogP) is 3.20. The van der Waals surface area contributed by atoms with E-state index in [1.165, 1.54) is 7.11 Å². The highest BCUT2D eigenvalue weighted by Gasteiger charge is 2.28. The third kappa shape index (κ3) is 2.79. The van der Waals surface area contributed by atoms with E-state index in [1.54, 1.807) is 24.3 Å². The molecule has 0 amide bonds. The Bertz CT molecular complexity index is 714. The molecular formula is C15H15NO5S. The van der Waals surface area contributed by atoms with E-state index >= 15 is 0 Å². The van der Waals surface area contributed by atoms with Crippen LogP contribution in [0.5, 0.6) is 5.75 Å². The summed E-state index contributed by atoms with van der Waals surface area (Å²) >= 11 is -3.28. The van der Waals surface area contributed by atoms with Crippen LogP contribution in [0.15, 0.2) is 42.5 Å². The molecule has 0 atom stereocenters. The van der Waals surface area contributed by atoms with Gasteiger partial charge in [-0.1, -0.05) is 30.3 Å². The van der Waals surface area contributed by atoms with Crippen molar-refractivity contribution in [3.05, 3.63) is 53.6 Å². The molecule has 1 aliphatic heterocycles. The number of nitrogens with one attached hydrogen (secondary N) is 1. The van der Waals surface area contributed by atoms with Gasteiger partial charge in [-0.15, -0.1) is 0 Å². The van der Waals surface area contributed by atoms with E-state index in [-0.39, 0.29) is 0 Å². The van der Waals surface area contributed by atoms with Gasteiger partial charge in [-0.25, -0.2) is 9.52 Å². The Labute approximate surface area is 129 Å². The fourth-order valence-electron chi connectivity index (χ4n) is 2.27. The lowest BCUT2D eigenvalue weighted by atomic mass is 10.0. The van der Waals surface area contributed by atoms with Crippen LogP contribution in [-0.4, -0.2) is 22.2 Å². The molecule has 0 radical (unpaired) electrons. The number of esters is 1. The molecule has 1 aliphatic rings. The largest absolute Gasteiger partial charge is 0.465 e. The molecule has 1 heterocycles. The van der Waals surface area contributed by atoms with Gasteiger partial charge in [0.05, 0.1) is 12.7 Å². The quantitative estimate of drug-likeness (QED) is 0.736. The Morgan fingerprint density at radius 1 is 1.23 bits per heavy atom. The maximum atomic E-state index is 11.5. The first-order valence-corrected chi connectivity index (χ1v) is 8.00.